The molecular weight excluding hydrogens is 666 g/mol. The van der Waals surface area contributed by atoms with Gasteiger partial charge in [-0.2, -0.15) is 13.2 Å². The second-order valence-electron chi connectivity index (χ2n) is 11.3. The van der Waals surface area contributed by atoms with Crippen LogP contribution >= 0.6 is 23.1 Å². The standard InChI is InChI=1S/C34H31F3N4O5S2/c1-4-39(5-2)22-13-9-19(10-14-22)26-27-28(31(44)41(30(27)43)23-8-6-7-20(17-23)34(35,36)37)47-32-29(26)48-33(45)40(32)18-25(42)38-21-11-15-24(46-3)16-12-21/h6-17,26-28H,4-5,18H2,1-3H3,(H,38,42)/t26-,27?,28?/m1/s1. The second kappa shape index (κ2) is 13.2. The van der Waals surface area contributed by atoms with Crippen molar-refractivity contribution >= 4 is 57.9 Å². The van der Waals surface area contributed by atoms with Gasteiger partial charge >= 0.3 is 11.0 Å². The fourth-order valence-electron chi connectivity index (χ4n) is 6.19. The van der Waals surface area contributed by atoms with E-state index in [0.717, 1.165) is 65.0 Å². The van der Waals surface area contributed by atoms with E-state index in [1.807, 2.05) is 38.1 Å². The lowest BCUT2D eigenvalue weighted by atomic mass is 9.83. The molecule has 250 valence electrons. The number of benzene rings is 3. The first-order valence-electron chi connectivity index (χ1n) is 15.2. The van der Waals surface area contributed by atoms with Crippen molar-refractivity contribution in [2.24, 2.45) is 5.92 Å². The SMILES string of the molecule is CCN(CC)c1ccc([C@H]2c3sc(=O)n(CC(=O)Nc4ccc(OC)cc4)c3SC3C(=O)N(c4cccc(C(F)(F)F)c4)C(=O)C32)cc1. The molecule has 48 heavy (non-hydrogen) atoms. The Balaban J connectivity index is 1.40. The summed E-state index contributed by atoms with van der Waals surface area (Å²) in [4.78, 5) is 57.8. The minimum Gasteiger partial charge on any atom is -0.497 e. The first-order chi connectivity index (χ1) is 22.9. The fourth-order valence-corrected chi connectivity index (χ4v) is 8.96. The molecule has 9 nitrogen and oxygen atoms in total. The largest absolute Gasteiger partial charge is 0.497 e. The summed E-state index contributed by atoms with van der Waals surface area (Å²) in [6.45, 7) is 5.25. The number of nitrogens with zero attached hydrogens (tertiary/aromatic N) is 3. The topological polar surface area (TPSA) is 101 Å². The molecule has 1 aromatic heterocycles. The van der Waals surface area contributed by atoms with Gasteiger partial charge in [-0.25, -0.2) is 4.90 Å². The van der Waals surface area contributed by atoms with E-state index < -0.39 is 51.4 Å². The van der Waals surface area contributed by atoms with Crippen molar-refractivity contribution in [3.05, 3.63) is 98.5 Å². The summed E-state index contributed by atoms with van der Waals surface area (Å²) in [5.41, 5.74) is 0.953. The minimum absolute atomic E-state index is 0.176. The molecular formula is C34H31F3N4O5S2. The van der Waals surface area contributed by atoms with Crippen LogP contribution in [-0.2, 0) is 27.1 Å². The number of carbonyl (C=O) groups excluding carboxylic acids is 3. The number of rotatable bonds is 9. The average molecular weight is 697 g/mol. The lowest BCUT2D eigenvalue weighted by Crippen LogP contribution is -2.33. The van der Waals surface area contributed by atoms with Crippen molar-refractivity contribution in [1.29, 1.82) is 0 Å². The highest BCUT2D eigenvalue weighted by atomic mass is 32.2. The third kappa shape index (κ3) is 6.10. The molecule has 0 saturated carbocycles. The van der Waals surface area contributed by atoms with E-state index >= 15 is 0 Å². The van der Waals surface area contributed by atoms with E-state index in [1.165, 1.54) is 17.7 Å². The van der Waals surface area contributed by atoms with Gasteiger partial charge in [0.05, 0.1) is 29.3 Å². The quantitative estimate of drug-likeness (QED) is 0.208. The van der Waals surface area contributed by atoms with Gasteiger partial charge in [-0.3, -0.25) is 23.7 Å². The van der Waals surface area contributed by atoms with Crippen molar-refractivity contribution in [2.75, 3.05) is 35.3 Å². The zero-order chi connectivity index (χ0) is 34.3. The Hall–Kier alpha value is -4.56. The predicted octanol–water partition coefficient (Wildman–Crippen LogP) is 6.22. The summed E-state index contributed by atoms with van der Waals surface area (Å²) in [5.74, 6) is -2.96. The number of hydrogen-bond acceptors (Lipinski definition) is 8. The maximum absolute atomic E-state index is 14.1. The molecule has 2 aliphatic rings. The number of carbonyl (C=O) groups is 3. The van der Waals surface area contributed by atoms with Gasteiger partial charge in [0.2, 0.25) is 17.7 Å². The van der Waals surface area contributed by atoms with Gasteiger partial charge < -0.3 is 15.0 Å². The molecule has 6 rings (SSSR count). The Kier molecular flexibility index (Phi) is 9.14. The lowest BCUT2D eigenvalue weighted by molar-refractivity contribution is -0.137. The third-order valence-corrected chi connectivity index (χ3v) is 11.1. The number of thioether (sulfide) groups is 1. The number of imide groups is 1. The Morgan fingerprint density at radius 2 is 1.65 bits per heavy atom. The lowest BCUT2D eigenvalue weighted by Gasteiger charge is -2.31. The van der Waals surface area contributed by atoms with Crippen LogP contribution in [0, 0.1) is 5.92 Å². The molecule has 1 fully saturated rings. The number of ether oxygens (including phenoxy) is 1. The molecule has 0 bridgehead atoms. The van der Waals surface area contributed by atoms with Crippen molar-refractivity contribution in [2.45, 2.75) is 42.8 Å². The highest BCUT2D eigenvalue weighted by Crippen LogP contribution is 2.54. The van der Waals surface area contributed by atoms with Gasteiger partial charge in [0.15, 0.2) is 0 Å². The molecule has 0 spiro atoms. The van der Waals surface area contributed by atoms with Crippen LogP contribution in [0.25, 0.3) is 0 Å². The number of amides is 3. The third-order valence-electron chi connectivity index (χ3n) is 8.54. The molecule has 1 saturated heterocycles. The second-order valence-corrected chi connectivity index (χ2v) is 13.4. The van der Waals surface area contributed by atoms with Crippen LogP contribution in [0.15, 0.2) is 82.6 Å². The molecule has 4 aromatic rings. The van der Waals surface area contributed by atoms with E-state index in [-0.39, 0.29) is 12.2 Å². The minimum atomic E-state index is -4.68. The fraction of sp³-hybridized carbons (Fsp3) is 0.294. The summed E-state index contributed by atoms with van der Waals surface area (Å²) in [7, 11) is 1.52. The van der Waals surface area contributed by atoms with Crippen LogP contribution < -0.4 is 24.7 Å². The summed E-state index contributed by atoms with van der Waals surface area (Å²) >= 11 is 1.89. The predicted molar refractivity (Wildman–Crippen MR) is 179 cm³/mol. The first-order valence-corrected chi connectivity index (χ1v) is 16.9. The Bertz CT molecular complexity index is 1920. The zero-order valence-corrected chi connectivity index (χ0v) is 27.7. The molecule has 1 N–H and O–H groups in total. The molecule has 2 aliphatic heterocycles. The van der Waals surface area contributed by atoms with Crippen molar-refractivity contribution < 1.29 is 32.3 Å². The van der Waals surface area contributed by atoms with Crippen LogP contribution in [0.1, 0.15) is 35.8 Å². The molecule has 3 heterocycles. The van der Waals surface area contributed by atoms with Gasteiger partial charge in [0, 0.05) is 35.3 Å². The summed E-state index contributed by atoms with van der Waals surface area (Å²) < 4.78 is 47.2. The molecule has 14 heteroatoms. The van der Waals surface area contributed by atoms with E-state index in [1.54, 1.807) is 24.3 Å². The van der Waals surface area contributed by atoms with Crippen LogP contribution in [0.3, 0.4) is 0 Å². The van der Waals surface area contributed by atoms with E-state index in [0.29, 0.717) is 26.9 Å². The number of hydrogen-bond donors (Lipinski definition) is 1. The number of anilines is 3. The summed E-state index contributed by atoms with van der Waals surface area (Å²) in [5, 5.41) is 2.09. The van der Waals surface area contributed by atoms with E-state index in [4.69, 9.17) is 4.74 Å². The number of aromatic nitrogens is 1. The maximum Gasteiger partial charge on any atom is 0.416 e. The monoisotopic (exact) mass is 696 g/mol. The van der Waals surface area contributed by atoms with Gasteiger partial charge in [0.1, 0.15) is 17.5 Å². The van der Waals surface area contributed by atoms with Gasteiger partial charge in [0.25, 0.3) is 0 Å². The normalized spacial score (nSPS) is 18.8. The molecule has 2 unspecified atom stereocenters. The first kappa shape index (κ1) is 33.3. The van der Waals surface area contributed by atoms with Crippen LogP contribution in [0.5, 0.6) is 5.75 Å². The van der Waals surface area contributed by atoms with E-state index in [9.17, 15) is 32.3 Å². The average Bonchev–Trinajstić information content (AvgIpc) is 3.51. The molecule has 3 atom stereocenters. The smallest absolute Gasteiger partial charge is 0.416 e. The van der Waals surface area contributed by atoms with E-state index in [2.05, 4.69) is 10.2 Å². The number of halogens is 3. The molecule has 3 amide bonds. The van der Waals surface area contributed by atoms with Gasteiger partial charge in [-0.1, -0.05) is 41.3 Å². The molecule has 3 aromatic carbocycles. The zero-order valence-electron chi connectivity index (χ0n) is 26.1. The number of fused-ring (bicyclic) bond motifs is 2. The Labute approximate surface area is 282 Å². The number of methoxy groups -OCH3 is 1. The number of alkyl halides is 3. The summed E-state index contributed by atoms with van der Waals surface area (Å²) in [6, 6.07) is 18.3. The van der Waals surface area contributed by atoms with Gasteiger partial charge in [-0.05, 0) is 74.0 Å². The highest BCUT2D eigenvalue weighted by Gasteiger charge is 2.57. The summed E-state index contributed by atoms with van der Waals surface area (Å²) in [6.07, 6.45) is -4.68. The number of nitrogens with one attached hydrogen (secondary N) is 1. The van der Waals surface area contributed by atoms with Crippen LogP contribution in [0.4, 0.5) is 30.2 Å². The Morgan fingerprint density at radius 1 is 0.958 bits per heavy atom. The maximum atomic E-state index is 14.1. The van der Waals surface area contributed by atoms with Crippen molar-refractivity contribution in [1.82, 2.24) is 4.57 Å². The van der Waals surface area contributed by atoms with Crippen molar-refractivity contribution in [3.63, 3.8) is 0 Å². The van der Waals surface area contributed by atoms with Gasteiger partial charge in [-0.15, -0.1) is 0 Å². The van der Waals surface area contributed by atoms with Crippen molar-refractivity contribution in [3.8, 4) is 5.75 Å². The van der Waals surface area contributed by atoms with Crippen LogP contribution in [0.2, 0.25) is 0 Å². The number of thiazole rings is 1. The van der Waals surface area contributed by atoms with Crippen LogP contribution in [-0.4, -0.2) is 47.7 Å². The molecule has 0 radical (unpaired) electrons. The highest BCUT2D eigenvalue weighted by molar-refractivity contribution is 8.00. The molecule has 0 aliphatic carbocycles. The Morgan fingerprint density at radius 3 is 2.27 bits per heavy atom.